The van der Waals surface area contributed by atoms with Crippen LogP contribution in [0, 0.1) is 0 Å². The van der Waals surface area contributed by atoms with E-state index in [0.717, 1.165) is 22.3 Å². The molecule has 1 amide bonds. The van der Waals surface area contributed by atoms with Gasteiger partial charge >= 0.3 is 5.97 Å². The molecule has 0 saturated carbocycles. The van der Waals surface area contributed by atoms with Gasteiger partial charge in [-0.25, -0.2) is 4.79 Å². The summed E-state index contributed by atoms with van der Waals surface area (Å²) in [5, 5.41) is 2.87. The highest BCUT2D eigenvalue weighted by molar-refractivity contribution is 6.05. The zero-order valence-corrected chi connectivity index (χ0v) is 19.5. The van der Waals surface area contributed by atoms with Crippen molar-refractivity contribution in [1.29, 1.82) is 0 Å². The standard InChI is InChI=1S/C29H27N3O3/c1-20(30)26-11-10-23(28(33)32-25-12-15-31-16-13-25)19-27(26)22-8-5-9-24(18-22)29(34)35-17-14-21-6-3-2-4-7-21/h2-13,15-16,18-20H,14,17,30H2,1H3,(H,31,32,33). The molecule has 0 radical (unpaired) electrons. The Hall–Kier alpha value is -4.29. The molecular weight excluding hydrogens is 438 g/mol. The molecule has 3 aromatic carbocycles. The molecule has 0 aliphatic carbocycles. The number of nitrogens with zero attached hydrogens (tertiary/aromatic N) is 1. The van der Waals surface area contributed by atoms with Crippen LogP contribution in [0.15, 0.2) is 97.3 Å². The van der Waals surface area contributed by atoms with Crippen molar-refractivity contribution in [3.8, 4) is 11.1 Å². The van der Waals surface area contributed by atoms with E-state index in [-0.39, 0.29) is 11.9 Å². The molecule has 0 bridgehead atoms. The van der Waals surface area contributed by atoms with E-state index in [0.29, 0.717) is 29.8 Å². The van der Waals surface area contributed by atoms with Crippen molar-refractivity contribution in [2.75, 3.05) is 11.9 Å². The minimum absolute atomic E-state index is 0.245. The fourth-order valence-corrected chi connectivity index (χ4v) is 3.79. The third-order valence-electron chi connectivity index (χ3n) is 5.62. The van der Waals surface area contributed by atoms with Crippen LogP contribution in [0.3, 0.4) is 0 Å². The zero-order valence-electron chi connectivity index (χ0n) is 19.5. The van der Waals surface area contributed by atoms with Gasteiger partial charge in [-0.15, -0.1) is 0 Å². The van der Waals surface area contributed by atoms with Gasteiger partial charge in [-0.1, -0.05) is 48.5 Å². The zero-order chi connectivity index (χ0) is 24.6. The molecule has 1 unspecified atom stereocenters. The molecule has 35 heavy (non-hydrogen) atoms. The first-order valence-electron chi connectivity index (χ1n) is 11.4. The molecule has 3 N–H and O–H groups in total. The maximum Gasteiger partial charge on any atom is 0.338 e. The lowest BCUT2D eigenvalue weighted by Gasteiger charge is -2.16. The third kappa shape index (κ3) is 6.19. The molecule has 0 saturated heterocycles. The average molecular weight is 466 g/mol. The fraction of sp³-hybridized carbons (Fsp3) is 0.138. The lowest BCUT2D eigenvalue weighted by Crippen LogP contribution is -2.14. The number of nitrogens with two attached hydrogens (primary N) is 1. The number of hydrogen-bond acceptors (Lipinski definition) is 5. The summed E-state index contributed by atoms with van der Waals surface area (Å²) in [6.07, 6.45) is 3.88. The summed E-state index contributed by atoms with van der Waals surface area (Å²) in [6, 6.07) is 25.7. The fourth-order valence-electron chi connectivity index (χ4n) is 3.79. The number of benzene rings is 3. The lowest BCUT2D eigenvalue weighted by atomic mass is 9.92. The molecule has 6 heteroatoms. The molecule has 0 aliphatic heterocycles. The summed E-state index contributed by atoms with van der Waals surface area (Å²) in [4.78, 5) is 29.5. The van der Waals surface area contributed by atoms with Gasteiger partial charge in [0.05, 0.1) is 12.2 Å². The van der Waals surface area contributed by atoms with Crippen LogP contribution in [0.25, 0.3) is 11.1 Å². The summed E-state index contributed by atoms with van der Waals surface area (Å²) in [5.74, 6) is -0.637. The van der Waals surface area contributed by atoms with Crippen LogP contribution >= 0.6 is 0 Å². The van der Waals surface area contributed by atoms with E-state index in [9.17, 15) is 9.59 Å². The van der Waals surface area contributed by atoms with Crippen LogP contribution in [0.4, 0.5) is 5.69 Å². The Morgan fingerprint density at radius 1 is 0.914 bits per heavy atom. The number of ether oxygens (including phenoxy) is 1. The minimum atomic E-state index is -0.392. The van der Waals surface area contributed by atoms with E-state index in [4.69, 9.17) is 10.5 Å². The van der Waals surface area contributed by atoms with Gasteiger partial charge in [0.2, 0.25) is 0 Å². The Morgan fingerprint density at radius 3 is 2.43 bits per heavy atom. The maximum absolute atomic E-state index is 12.9. The normalized spacial score (nSPS) is 11.5. The highest BCUT2D eigenvalue weighted by Gasteiger charge is 2.16. The Kier molecular flexibility index (Phi) is 7.65. The van der Waals surface area contributed by atoms with Crippen molar-refractivity contribution in [3.05, 3.63) is 120 Å². The average Bonchev–Trinajstić information content (AvgIpc) is 2.89. The van der Waals surface area contributed by atoms with Crippen molar-refractivity contribution >= 4 is 17.6 Å². The Balaban J connectivity index is 1.55. The SMILES string of the molecule is CC(N)c1ccc(C(=O)Nc2ccncc2)cc1-c1cccc(C(=O)OCCc2ccccc2)c1. The number of nitrogens with one attached hydrogen (secondary N) is 1. The first kappa shape index (κ1) is 23.9. The second kappa shape index (κ2) is 11.2. The summed E-state index contributed by atoms with van der Waals surface area (Å²) in [6.45, 7) is 2.18. The quantitative estimate of drug-likeness (QED) is 0.339. The number of amides is 1. The van der Waals surface area contributed by atoms with Gasteiger partial charge in [0.15, 0.2) is 0 Å². The number of aromatic nitrogens is 1. The molecule has 1 heterocycles. The van der Waals surface area contributed by atoms with Crippen molar-refractivity contribution in [2.24, 2.45) is 5.73 Å². The number of hydrogen-bond donors (Lipinski definition) is 2. The Morgan fingerprint density at radius 2 is 1.69 bits per heavy atom. The Labute approximate surface area is 204 Å². The van der Waals surface area contributed by atoms with Crippen molar-refractivity contribution in [3.63, 3.8) is 0 Å². The topological polar surface area (TPSA) is 94.3 Å². The van der Waals surface area contributed by atoms with Gasteiger partial charge in [-0.3, -0.25) is 9.78 Å². The van der Waals surface area contributed by atoms with Crippen LogP contribution in [-0.2, 0) is 11.2 Å². The van der Waals surface area contributed by atoms with E-state index in [1.54, 1.807) is 54.9 Å². The molecule has 0 spiro atoms. The largest absolute Gasteiger partial charge is 0.462 e. The van der Waals surface area contributed by atoms with Crippen molar-refractivity contribution < 1.29 is 14.3 Å². The molecule has 6 nitrogen and oxygen atoms in total. The van der Waals surface area contributed by atoms with E-state index < -0.39 is 5.97 Å². The molecule has 1 atom stereocenters. The predicted molar refractivity (Wildman–Crippen MR) is 137 cm³/mol. The second-order valence-electron chi connectivity index (χ2n) is 8.23. The number of rotatable bonds is 8. The molecule has 176 valence electrons. The van der Waals surface area contributed by atoms with Gasteiger partial charge in [0.25, 0.3) is 5.91 Å². The number of esters is 1. The summed E-state index contributed by atoms with van der Waals surface area (Å²) in [5.41, 5.74) is 11.4. The summed E-state index contributed by atoms with van der Waals surface area (Å²) in [7, 11) is 0. The van der Waals surface area contributed by atoms with Gasteiger partial charge in [-0.2, -0.15) is 0 Å². The van der Waals surface area contributed by atoms with E-state index in [1.165, 1.54) is 0 Å². The maximum atomic E-state index is 12.9. The minimum Gasteiger partial charge on any atom is -0.462 e. The van der Waals surface area contributed by atoms with Gasteiger partial charge in [0.1, 0.15) is 0 Å². The molecule has 0 fully saturated rings. The molecular formula is C29H27N3O3. The van der Waals surface area contributed by atoms with Gasteiger partial charge in [-0.05, 0) is 65.6 Å². The van der Waals surface area contributed by atoms with Gasteiger partial charge in [0, 0.05) is 36.1 Å². The predicted octanol–water partition coefficient (Wildman–Crippen LogP) is 5.42. The number of carbonyl (C=O) groups excluding carboxylic acids is 2. The molecule has 0 aliphatic rings. The molecule has 4 aromatic rings. The summed E-state index contributed by atoms with van der Waals surface area (Å²) >= 11 is 0. The number of carbonyl (C=O) groups is 2. The highest BCUT2D eigenvalue weighted by Crippen LogP contribution is 2.30. The van der Waals surface area contributed by atoms with Crippen LogP contribution in [0.2, 0.25) is 0 Å². The molecule has 1 aromatic heterocycles. The number of anilines is 1. The smallest absolute Gasteiger partial charge is 0.338 e. The Bertz CT molecular complexity index is 1310. The number of pyridine rings is 1. The van der Waals surface area contributed by atoms with Gasteiger partial charge < -0.3 is 15.8 Å². The van der Waals surface area contributed by atoms with Crippen molar-refractivity contribution in [1.82, 2.24) is 4.98 Å². The van der Waals surface area contributed by atoms with E-state index in [2.05, 4.69) is 10.3 Å². The third-order valence-corrected chi connectivity index (χ3v) is 5.62. The molecule has 4 rings (SSSR count). The summed E-state index contributed by atoms with van der Waals surface area (Å²) < 4.78 is 5.50. The van der Waals surface area contributed by atoms with E-state index in [1.807, 2.05) is 49.4 Å². The van der Waals surface area contributed by atoms with Crippen molar-refractivity contribution in [2.45, 2.75) is 19.4 Å². The highest BCUT2D eigenvalue weighted by atomic mass is 16.5. The lowest BCUT2D eigenvalue weighted by molar-refractivity contribution is 0.0509. The van der Waals surface area contributed by atoms with Crippen LogP contribution < -0.4 is 11.1 Å². The second-order valence-corrected chi connectivity index (χ2v) is 8.23. The van der Waals surface area contributed by atoms with Crippen LogP contribution in [-0.4, -0.2) is 23.5 Å². The monoisotopic (exact) mass is 465 g/mol. The van der Waals surface area contributed by atoms with Crippen LogP contribution in [0.5, 0.6) is 0 Å². The first-order valence-corrected chi connectivity index (χ1v) is 11.4. The van der Waals surface area contributed by atoms with Crippen LogP contribution in [0.1, 0.15) is 44.8 Å². The van der Waals surface area contributed by atoms with E-state index >= 15 is 0 Å². The first-order chi connectivity index (χ1) is 17.0.